The first kappa shape index (κ1) is 10.6. The van der Waals surface area contributed by atoms with Crippen molar-refractivity contribution in [3.8, 4) is 0 Å². The van der Waals surface area contributed by atoms with E-state index in [1.165, 1.54) is 5.56 Å². The molecule has 3 heteroatoms. The molecule has 1 aromatic rings. The predicted molar refractivity (Wildman–Crippen MR) is 58.0 cm³/mol. The normalized spacial score (nSPS) is 11.9. The fourth-order valence-electron chi connectivity index (χ4n) is 1.40. The number of benzene rings is 1. The summed E-state index contributed by atoms with van der Waals surface area (Å²) in [5, 5.41) is 3.65. The monoisotopic (exact) mass is 189 g/mol. The van der Waals surface area contributed by atoms with Crippen LogP contribution in [0.4, 0.5) is 0 Å². The third-order valence-electron chi connectivity index (χ3n) is 2.23. The lowest BCUT2D eigenvalue weighted by Gasteiger charge is -2.05. The number of azide groups is 1. The lowest BCUT2D eigenvalue weighted by molar-refractivity contribution is 0.805. The topological polar surface area (TPSA) is 48.8 Å². The summed E-state index contributed by atoms with van der Waals surface area (Å²) in [4.78, 5) is 2.80. The van der Waals surface area contributed by atoms with Gasteiger partial charge >= 0.3 is 0 Å². The molecule has 0 heterocycles. The average molecular weight is 189 g/mol. The lowest BCUT2D eigenvalue weighted by Crippen LogP contribution is -1.89. The molecule has 0 radical (unpaired) electrons. The van der Waals surface area contributed by atoms with E-state index in [1.54, 1.807) is 0 Å². The van der Waals surface area contributed by atoms with Crippen LogP contribution in [-0.4, -0.2) is 0 Å². The van der Waals surface area contributed by atoms with E-state index in [2.05, 4.69) is 29.1 Å². The van der Waals surface area contributed by atoms with Gasteiger partial charge in [0.25, 0.3) is 0 Å². The quantitative estimate of drug-likeness (QED) is 0.390. The van der Waals surface area contributed by atoms with Crippen LogP contribution in [0, 0.1) is 0 Å². The van der Waals surface area contributed by atoms with Gasteiger partial charge < -0.3 is 0 Å². The molecular formula is C11H15N3. The molecule has 0 N–H and O–H groups in total. The Hall–Kier alpha value is -1.47. The highest BCUT2D eigenvalue weighted by Gasteiger charge is 2.01. The summed E-state index contributed by atoms with van der Waals surface area (Å²) in [7, 11) is 0. The number of nitrogens with zero attached hydrogens (tertiary/aromatic N) is 3. The molecule has 0 amide bonds. The molecule has 0 spiro atoms. The zero-order valence-electron chi connectivity index (χ0n) is 8.64. The van der Waals surface area contributed by atoms with Gasteiger partial charge in [-0.05, 0) is 23.1 Å². The van der Waals surface area contributed by atoms with Crippen LogP contribution in [0.3, 0.4) is 0 Å². The summed E-state index contributed by atoms with van der Waals surface area (Å²) in [5.41, 5.74) is 10.7. The van der Waals surface area contributed by atoms with Gasteiger partial charge in [-0.2, -0.15) is 0 Å². The Kier molecular flexibility index (Phi) is 4.02. The van der Waals surface area contributed by atoms with Crippen molar-refractivity contribution >= 4 is 0 Å². The Morgan fingerprint density at radius 3 is 2.50 bits per heavy atom. The number of hydrogen-bond acceptors (Lipinski definition) is 1. The maximum absolute atomic E-state index is 8.30. The third kappa shape index (κ3) is 2.79. The molecule has 0 aliphatic carbocycles. The summed E-state index contributed by atoms with van der Waals surface area (Å²) in [6.45, 7) is 4.06. The first-order chi connectivity index (χ1) is 6.77. The third-order valence-corrected chi connectivity index (χ3v) is 2.23. The molecule has 0 fully saturated rings. The minimum atomic E-state index is -0.0734. The molecule has 1 aromatic carbocycles. The largest absolute Gasteiger partial charge is 0.0862 e. The van der Waals surface area contributed by atoms with Gasteiger partial charge in [0.05, 0.1) is 6.04 Å². The van der Waals surface area contributed by atoms with Crippen LogP contribution in [0.1, 0.15) is 37.4 Å². The van der Waals surface area contributed by atoms with Gasteiger partial charge in [-0.25, -0.2) is 0 Å². The Bertz CT molecular complexity index is 323. The van der Waals surface area contributed by atoms with E-state index in [4.69, 9.17) is 5.53 Å². The average Bonchev–Trinajstić information content (AvgIpc) is 2.20. The summed E-state index contributed by atoms with van der Waals surface area (Å²) >= 11 is 0. The van der Waals surface area contributed by atoms with Crippen LogP contribution >= 0.6 is 0 Å². The van der Waals surface area contributed by atoms with Crippen molar-refractivity contribution in [1.82, 2.24) is 0 Å². The lowest BCUT2D eigenvalue weighted by atomic mass is 10.0. The molecule has 0 unspecified atom stereocenters. The SMILES string of the molecule is CCCc1ccc([C@@H](C)N=[N+]=[N-])cc1. The van der Waals surface area contributed by atoms with Crippen molar-refractivity contribution in [3.05, 3.63) is 45.8 Å². The van der Waals surface area contributed by atoms with E-state index in [1.807, 2.05) is 19.1 Å². The Labute approximate surface area is 84.4 Å². The zero-order chi connectivity index (χ0) is 10.4. The van der Waals surface area contributed by atoms with E-state index in [0.29, 0.717) is 0 Å². The minimum absolute atomic E-state index is 0.0734. The number of aryl methyl sites for hydroxylation is 1. The summed E-state index contributed by atoms with van der Waals surface area (Å²) in [6.07, 6.45) is 2.27. The molecule has 3 nitrogen and oxygen atoms in total. The van der Waals surface area contributed by atoms with E-state index < -0.39 is 0 Å². The second-order valence-corrected chi connectivity index (χ2v) is 3.37. The predicted octanol–water partition coefficient (Wildman–Crippen LogP) is 4.01. The minimum Gasteiger partial charge on any atom is -0.0862 e. The molecule has 0 aliphatic heterocycles. The first-order valence-electron chi connectivity index (χ1n) is 4.91. The summed E-state index contributed by atoms with van der Waals surface area (Å²) in [6, 6.07) is 8.19. The maximum Gasteiger partial charge on any atom is 0.0597 e. The highest BCUT2D eigenvalue weighted by Crippen LogP contribution is 2.17. The molecule has 14 heavy (non-hydrogen) atoms. The first-order valence-corrected chi connectivity index (χ1v) is 4.91. The smallest absolute Gasteiger partial charge is 0.0597 e. The Morgan fingerprint density at radius 1 is 1.36 bits per heavy atom. The van der Waals surface area contributed by atoms with Crippen molar-refractivity contribution in [2.24, 2.45) is 5.11 Å². The zero-order valence-corrected chi connectivity index (χ0v) is 8.64. The molecule has 0 saturated carbocycles. The van der Waals surface area contributed by atoms with Crippen molar-refractivity contribution in [2.75, 3.05) is 0 Å². The van der Waals surface area contributed by atoms with Crippen LogP contribution < -0.4 is 0 Å². The fraction of sp³-hybridized carbons (Fsp3) is 0.455. The second-order valence-electron chi connectivity index (χ2n) is 3.37. The van der Waals surface area contributed by atoms with E-state index in [-0.39, 0.29) is 6.04 Å². The highest BCUT2D eigenvalue weighted by atomic mass is 15.1. The van der Waals surface area contributed by atoms with Gasteiger partial charge in [0.2, 0.25) is 0 Å². The molecule has 0 bridgehead atoms. The summed E-state index contributed by atoms with van der Waals surface area (Å²) < 4.78 is 0. The molecule has 1 rings (SSSR count). The van der Waals surface area contributed by atoms with Crippen LogP contribution in [0.25, 0.3) is 10.4 Å². The van der Waals surface area contributed by atoms with Crippen LogP contribution in [0.2, 0.25) is 0 Å². The van der Waals surface area contributed by atoms with Crippen LogP contribution in [0.5, 0.6) is 0 Å². The molecule has 1 atom stereocenters. The Morgan fingerprint density at radius 2 is 2.00 bits per heavy atom. The molecular weight excluding hydrogens is 174 g/mol. The van der Waals surface area contributed by atoms with E-state index in [0.717, 1.165) is 18.4 Å². The van der Waals surface area contributed by atoms with E-state index in [9.17, 15) is 0 Å². The van der Waals surface area contributed by atoms with Crippen molar-refractivity contribution in [3.63, 3.8) is 0 Å². The van der Waals surface area contributed by atoms with Gasteiger partial charge in [-0.1, -0.05) is 49.6 Å². The number of rotatable bonds is 4. The molecule has 0 aromatic heterocycles. The van der Waals surface area contributed by atoms with Gasteiger partial charge in [0.1, 0.15) is 0 Å². The highest BCUT2D eigenvalue weighted by molar-refractivity contribution is 5.24. The van der Waals surface area contributed by atoms with Gasteiger partial charge in [0, 0.05) is 4.91 Å². The summed E-state index contributed by atoms with van der Waals surface area (Å²) in [5.74, 6) is 0. The fourth-order valence-corrected chi connectivity index (χ4v) is 1.40. The van der Waals surface area contributed by atoms with Crippen molar-refractivity contribution in [2.45, 2.75) is 32.7 Å². The Balaban J connectivity index is 2.77. The second kappa shape index (κ2) is 5.30. The van der Waals surface area contributed by atoms with Crippen LogP contribution in [0.15, 0.2) is 29.4 Å². The van der Waals surface area contributed by atoms with Gasteiger partial charge in [-0.15, -0.1) is 0 Å². The molecule has 0 aliphatic rings. The van der Waals surface area contributed by atoms with Gasteiger partial charge in [-0.3, -0.25) is 0 Å². The molecule has 0 saturated heterocycles. The van der Waals surface area contributed by atoms with Crippen LogP contribution in [-0.2, 0) is 6.42 Å². The van der Waals surface area contributed by atoms with Crippen molar-refractivity contribution < 1.29 is 0 Å². The van der Waals surface area contributed by atoms with E-state index >= 15 is 0 Å². The molecule has 74 valence electrons. The van der Waals surface area contributed by atoms with Crippen molar-refractivity contribution in [1.29, 1.82) is 0 Å². The number of hydrogen-bond donors (Lipinski definition) is 0. The maximum atomic E-state index is 8.30. The standard InChI is InChI=1S/C11H15N3/c1-3-4-10-5-7-11(8-6-10)9(2)13-14-12/h5-9H,3-4H2,1-2H3/t9-/m1/s1. The van der Waals surface area contributed by atoms with Gasteiger partial charge in [0.15, 0.2) is 0 Å².